The van der Waals surface area contributed by atoms with Crippen LogP contribution in [0.2, 0.25) is 0 Å². The van der Waals surface area contributed by atoms with Crippen molar-refractivity contribution in [3.05, 3.63) is 64.1 Å². The number of nitrogens with one attached hydrogen (secondary N) is 2. The van der Waals surface area contributed by atoms with Crippen LogP contribution < -0.4 is 15.5 Å². The largest absolute Gasteiger partial charge is 0.488 e. The number of fused-ring (bicyclic) bond motifs is 1. The number of nitrogens with zero attached hydrogens (tertiary/aromatic N) is 2. The Morgan fingerprint density at radius 3 is 2.51 bits per heavy atom. The number of hydrogen-bond acceptors (Lipinski definition) is 6. The van der Waals surface area contributed by atoms with Crippen LogP contribution in [0.3, 0.4) is 0 Å². The first-order valence-electron chi connectivity index (χ1n) is 13.7. The molecule has 8 heteroatoms. The summed E-state index contributed by atoms with van der Waals surface area (Å²) >= 11 is 0. The van der Waals surface area contributed by atoms with Gasteiger partial charge in [-0.3, -0.25) is 9.59 Å². The van der Waals surface area contributed by atoms with Crippen molar-refractivity contribution in [1.29, 1.82) is 5.26 Å². The van der Waals surface area contributed by atoms with Crippen molar-refractivity contribution in [1.82, 2.24) is 15.2 Å². The highest BCUT2D eigenvalue weighted by Gasteiger charge is 2.64. The van der Waals surface area contributed by atoms with Crippen LogP contribution in [0.15, 0.2) is 53.1 Å². The number of amides is 1. The third-order valence-electron chi connectivity index (χ3n) is 8.88. The molecule has 8 nitrogen and oxygen atoms in total. The highest BCUT2D eigenvalue weighted by molar-refractivity contribution is 5.89. The lowest BCUT2D eigenvalue weighted by Gasteiger charge is -2.63. The van der Waals surface area contributed by atoms with E-state index in [0.717, 1.165) is 37.9 Å². The molecule has 2 fully saturated rings. The van der Waals surface area contributed by atoms with Gasteiger partial charge in [0.1, 0.15) is 24.2 Å². The van der Waals surface area contributed by atoms with Gasteiger partial charge in [-0.15, -0.1) is 0 Å². The molecule has 1 unspecified atom stereocenters. The Hall–Kier alpha value is -3.86. The Morgan fingerprint density at radius 1 is 1.18 bits per heavy atom. The summed E-state index contributed by atoms with van der Waals surface area (Å²) in [7, 11) is 0. The van der Waals surface area contributed by atoms with E-state index in [1.807, 2.05) is 12.2 Å². The lowest BCUT2D eigenvalue weighted by atomic mass is 9.49. The van der Waals surface area contributed by atoms with Crippen molar-refractivity contribution < 1.29 is 14.3 Å². The minimum atomic E-state index is -0.400. The fourth-order valence-corrected chi connectivity index (χ4v) is 6.96. The molecule has 3 aliphatic rings. The summed E-state index contributed by atoms with van der Waals surface area (Å²) in [5, 5.41) is 13.1. The molecule has 1 aromatic carbocycles. The molecule has 5 rings (SSSR count). The zero-order valence-electron chi connectivity index (χ0n) is 23.0. The Labute approximate surface area is 228 Å². The Morgan fingerprint density at radius 2 is 1.90 bits per heavy atom. The number of aromatic nitrogens is 1. The van der Waals surface area contributed by atoms with Gasteiger partial charge in [-0.25, -0.2) is 0 Å². The number of aldehydes is 1. The maximum absolute atomic E-state index is 13.3. The van der Waals surface area contributed by atoms with E-state index < -0.39 is 10.8 Å². The molecule has 2 aromatic rings. The zero-order valence-corrected chi connectivity index (χ0v) is 23.0. The number of pyridine rings is 1. The van der Waals surface area contributed by atoms with Gasteiger partial charge < -0.3 is 24.7 Å². The Bertz CT molecular complexity index is 1440. The fourth-order valence-electron chi connectivity index (χ4n) is 6.96. The van der Waals surface area contributed by atoms with Crippen LogP contribution in [0.25, 0.3) is 10.9 Å². The molecule has 1 saturated carbocycles. The van der Waals surface area contributed by atoms with Gasteiger partial charge in [0.25, 0.3) is 0 Å². The maximum atomic E-state index is 13.3. The molecule has 0 spiro atoms. The number of aromatic amines is 1. The van der Waals surface area contributed by atoms with E-state index in [-0.39, 0.29) is 35.3 Å². The number of piperidine rings is 1. The van der Waals surface area contributed by atoms with Crippen LogP contribution in [-0.2, 0) is 9.59 Å². The average Bonchev–Trinajstić information content (AvgIpc) is 2.94. The molecule has 2 heterocycles. The van der Waals surface area contributed by atoms with Gasteiger partial charge >= 0.3 is 0 Å². The number of nitriles is 1. The highest BCUT2D eigenvalue weighted by Crippen LogP contribution is 2.56. The summed E-state index contributed by atoms with van der Waals surface area (Å²) in [6.45, 7) is 10.0. The number of likely N-dealkylation sites (tertiary alicyclic amines) is 1. The molecular formula is C31H36N4O4. The second kappa shape index (κ2) is 10.0. The van der Waals surface area contributed by atoms with Crippen molar-refractivity contribution in [2.75, 3.05) is 13.1 Å². The topological polar surface area (TPSA) is 115 Å². The predicted octanol–water partition coefficient (Wildman–Crippen LogP) is 4.07. The molecule has 0 radical (unpaired) electrons. The van der Waals surface area contributed by atoms with Gasteiger partial charge in [-0.2, -0.15) is 5.26 Å². The molecule has 1 aliphatic heterocycles. The smallest absolute Gasteiger partial charge is 0.227 e. The normalized spacial score (nSPS) is 25.8. The minimum Gasteiger partial charge on any atom is -0.488 e. The van der Waals surface area contributed by atoms with Crippen LogP contribution in [0.4, 0.5) is 0 Å². The number of benzene rings is 1. The fraction of sp³-hybridized carbons (Fsp3) is 0.484. The third-order valence-corrected chi connectivity index (χ3v) is 8.88. The van der Waals surface area contributed by atoms with Gasteiger partial charge in [0.2, 0.25) is 5.91 Å². The van der Waals surface area contributed by atoms with E-state index in [0.29, 0.717) is 28.6 Å². The number of H-pyrrole nitrogens is 1. The molecule has 0 bridgehead atoms. The SMILES string of the molecule is CC1(C)C(NC(=O)C2C=CC(N3CCC(C=O)CC3)=CC2)C(C)(C)C1Oc1ccc(C#N)c2[nH]ccc(=O)c12. The van der Waals surface area contributed by atoms with Gasteiger partial charge in [0, 0.05) is 53.8 Å². The average molecular weight is 529 g/mol. The summed E-state index contributed by atoms with van der Waals surface area (Å²) in [4.78, 5) is 42.4. The summed E-state index contributed by atoms with van der Waals surface area (Å²) in [5.74, 6) is 0.345. The second-order valence-corrected chi connectivity index (χ2v) is 12.2. The van der Waals surface area contributed by atoms with Crippen molar-refractivity contribution in [2.45, 2.75) is 59.1 Å². The van der Waals surface area contributed by atoms with Gasteiger partial charge in [0.15, 0.2) is 5.43 Å². The van der Waals surface area contributed by atoms with E-state index in [1.165, 1.54) is 12.3 Å². The number of hydrogen-bond donors (Lipinski definition) is 2. The molecule has 2 N–H and O–H groups in total. The monoisotopic (exact) mass is 528 g/mol. The van der Waals surface area contributed by atoms with Crippen LogP contribution in [0.5, 0.6) is 5.75 Å². The summed E-state index contributed by atoms with van der Waals surface area (Å²) < 4.78 is 6.50. The second-order valence-electron chi connectivity index (χ2n) is 12.2. The minimum absolute atomic E-state index is 0.00826. The highest BCUT2D eigenvalue weighted by atomic mass is 16.5. The first-order valence-corrected chi connectivity index (χ1v) is 13.7. The van der Waals surface area contributed by atoms with E-state index in [4.69, 9.17) is 4.74 Å². The van der Waals surface area contributed by atoms with E-state index >= 15 is 0 Å². The molecule has 39 heavy (non-hydrogen) atoms. The quantitative estimate of drug-likeness (QED) is 0.546. The number of ether oxygens (including phenoxy) is 1. The van der Waals surface area contributed by atoms with Gasteiger partial charge in [-0.1, -0.05) is 39.8 Å². The van der Waals surface area contributed by atoms with Crippen molar-refractivity contribution in [2.24, 2.45) is 22.7 Å². The van der Waals surface area contributed by atoms with Crippen LogP contribution in [0, 0.1) is 34.0 Å². The summed E-state index contributed by atoms with van der Waals surface area (Å²) in [6.07, 6.45) is 10.9. The maximum Gasteiger partial charge on any atom is 0.227 e. The first-order chi connectivity index (χ1) is 18.6. The first kappa shape index (κ1) is 26.7. The van der Waals surface area contributed by atoms with Crippen molar-refractivity contribution in [3.8, 4) is 11.8 Å². The van der Waals surface area contributed by atoms with Crippen LogP contribution >= 0.6 is 0 Å². The Balaban J connectivity index is 1.26. The molecule has 1 saturated heterocycles. The lowest BCUT2D eigenvalue weighted by molar-refractivity contribution is -0.173. The van der Waals surface area contributed by atoms with Gasteiger partial charge in [0.05, 0.1) is 22.4 Å². The molecular weight excluding hydrogens is 492 g/mol. The van der Waals surface area contributed by atoms with Crippen molar-refractivity contribution in [3.63, 3.8) is 0 Å². The third kappa shape index (κ3) is 4.64. The van der Waals surface area contributed by atoms with Crippen LogP contribution in [0.1, 0.15) is 52.5 Å². The lowest BCUT2D eigenvalue weighted by Crippen LogP contribution is -2.75. The zero-order chi connectivity index (χ0) is 27.9. The number of rotatable bonds is 6. The van der Waals surface area contributed by atoms with Crippen molar-refractivity contribution >= 4 is 23.1 Å². The predicted molar refractivity (Wildman–Crippen MR) is 149 cm³/mol. The Kier molecular flexibility index (Phi) is 6.88. The molecule has 1 amide bonds. The van der Waals surface area contributed by atoms with Crippen LogP contribution in [-0.4, -0.2) is 47.3 Å². The molecule has 204 valence electrons. The standard InChI is InChI=1S/C31H36N4O4/c1-30(2)28(34-27(38)20-5-8-22(9-6-20)35-15-12-19(18-36)13-16-35)31(3,4)29(30)39-24-10-7-21(17-32)26-25(24)23(37)11-14-33-26/h5,7-11,14,18-20,28-29H,6,12-13,15-16H2,1-4H3,(H,33,37)(H,34,38). The molecule has 2 aliphatic carbocycles. The molecule has 1 aromatic heterocycles. The number of carbonyl (C=O) groups is 2. The van der Waals surface area contributed by atoms with Gasteiger partial charge in [-0.05, 0) is 37.5 Å². The number of carbonyl (C=O) groups excluding carboxylic acids is 2. The van der Waals surface area contributed by atoms with E-state index in [1.54, 1.807) is 12.1 Å². The van der Waals surface area contributed by atoms with E-state index in [9.17, 15) is 19.6 Å². The summed E-state index contributed by atoms with van der Waals surface area (Å²) in [6, 6.07) is 6.77. The number of allylic oxidation sites excluding steroid dienone is 2. The molecule has 1 atom stereocenters. The summed E-state index contributed by atoms with van der Waals surface area (Å²) in [5.41, 5.74) is 0.973. The van der Waals surface area contributed by atoms with E-state index in [2.05, 4.69) is 55.0 Å².